The van der Waals surface area contributed by atoms with Crippen molar-refractivity contribution in [2.24, 2.45) is 5.92 Å². The number of hydrogen-bond donors (Lipinski definition) is 1. The zero-order valence-electron chi connectivity index (χ0n) is 13.4. The summed E-state index contributed by atoms with van der Waals surface area (Å²) >= 11 is 0. The van der Waals surface area contributed by atoms with Crippen molar-refractivity contribution in [1.82, 2.24) is 20.2 Å². The molecule has 0 radical (unpaired) electrons. The molecule has 8 heteroatoms. The molecule has 1 aliphatic heterocycles. The average molecular weight is 319 g/mol. The maximum absolute atomic E-state index is 12.2. The quantitative estimate of drug-likeness (QED) is 0.929. The van der Waals surface area contributed by atoms with Gasteiger partial charge in [-0.2, -0.15) is 4.98 Å². The molecule has 0 bridgehead atoms. The van der Waals surface area contributed by atoms with Gasteiger partial charge in [0.15, 0.2) is 11.6 Å². The van der Waals surface area contributed by atoms with Crippen LogP contribution in [0.1, 0.15) is 37.2 Å². The summed E-state index contributed by atoms with van der Waals surface area (Å²) in [6.45, 7) is 5.19. The standard InChI is InChI=1S/C15H21N5O3/c1-3-12-9-14(19-23-12)17-15(21)20-6-4-11(5-7-20)8-13-16-10(2)22-18-13/h9,11H,3-8H2,1-2H3,(H,17,19,21). The monoisotopic (exact) mass is 319 g/mol. The summed E-state index contributed by atoms with van der Waals surface area (Å²) in [5.41, 5.74) is 0. The Morgan fingerprint density at radius 3 is 2.74 bits per heavy atom. The highest BCUT2D eigenvalue weighted by molar-refractivity contribution is 5.88. The molecule has 8 nitrogen and oxygen atoms in total. The van der Waals surface area contributed by atoms with E-state index in [1.807, 2.05) is 6.92 Å². The van der Waals surface area contributed by atoms with E-state index >= 15 is 0 Å². The van der Waals surface area contributed by atoms with Crippen LogP contribution in [0.25, 0.3) is 0 Å². The van der Waals surface area contributed by atoms with Crippen molar-refractivity contribution in [2.45, 2.75) is 39.5 Å². The number of carbonyl (C=O) groups is 1. The number of piperidine rings is 1. The lowest BCUT2D eigenvalue weighted by molar-refractivity contribution is 0.181. The second-order valence-electron chi connectivity index (χ2n) is 5.83. The number of aromatic nitrogens is 3. The van der Waals surface area contributed by atoms with E-state index in [0.717, 1.165) is 37.3 Å². The highest BCUT2D eigenvalue weighted by Crippen LogP contribution is 2.21. The number of aryl methyl sites for hydroxylation is 2. The minimum Gasteiger partial charge on any atom is -0.359 e. The van der Waals surface area contributed by atoms with Crippen molar-refractivity contribution in [3.63, 3.8) is 0 Å². The van der Waals surface area contributed by atoms with Crippen LogP contribution in [0.2, 0.25) is 0 Å². The van der Waals surface area contributed by atoms with E-state index in [1.165, 1.54) is 0 Å². The van der Waals surface area contributed by atoms with Gasteiger partial charge in [-0.3, -0.25) is 5.32 Å². The van der Waals surface area contributed by atoms with E-state index < -0.39 is 0 Å². The fourth-order valence-electron chi connectivity index (χ4n) is 2.75. The van der Waals surface area contributed by atoms with E-state index in [4.69, 9.17) is 9.05 Å². The molecular weight excluding hydrogens is 298 g/mol. The molecule has 0 aromatic carbocycles. The lowest BCUT2D eigenvalue weighted by atomic mass is 9.93. The largest absolute Gasteiger partial charge is 0.359 e. The van der Waals surface area contributed by atoms with Gasteiger partial charge in [-0.1, -0.05) is 17.2 Å². The molecule has 1 saturated heterocycles. The highest BCUT2D eigenvalue weighted by Gasteiger charge is 2.24. The summed E-state index contributed by atoms with van der Waals surface area (Å²) in [6.07, 6.45) is 3.42. The lowest BCUT2D eigenvalue weighted by Gasteiger charge is -2.31. The molecule has 3 rings (SSSR count). The Balaban J connectivity index is 1.47. The average Bonchev–Trinajstić information content (AvgIpc) is 3.17. The van der Waals surface area contributed by atoms with Gasteiger partial charge in [0.05, 0.1) is 0 Å². The van der Waals surface area contributed by atoms with Crippen molar-refractivity contribution in [2.75, 3.05) is 18.4 Å². The molecule has 0 aliphatic carbocycles. The van der Waals surface area contributed by atoms with Gasteiger partial charge in [0.25, 0.3) is 0 Å². The smallest absolute Gasteiger partial charge is 0.323 e. The third-order valence-electron chi connectivity index (χ3n) is 4.09. The second-order valence-corrected chi connectivity index (χ2v) is 5.83. The Kier molecular flexibility index (Phi) is 4.59. The van der Waals surface area contributed by atoms with Gasteiger partial charge in [-0.25, -0.2) is 4.79 Å². The second kappa shape index (κ2) is 6.80. The van der Waals surface area contributed by atoms with E-state index in [2.05, 4.69) is 20.6 Å². The number of rotatable bonds is 4. The maximum atomic E-state index is 12.2. The van der Waals surface area contributed by atoms with Crippen LogP contribution in [0.5, 0.6) is 0 Å². The third kappa shape index (κ3) is 3.88. The number of carbonyl (C=O) groups excluding carboxylic acids is 1. The van der Waals surface area contributed by atoms with Gasteiger partial charge < -0.3 is 13.9 Å². The van der Waals surface area contributed by atoms with Crippen molar-refractivity contribution >= 4 is 11.8 Å². The Bertz CT molecular complexity index is 658. The van der Waals surface area contributed by atoms with Gasteiger partial charge >= 0.3 is 6.03 Å². The van der Waals surface area contributed by atoms with Crippen LogP contribution < -0.4 is 5.32 Å². The fraction of sp³-hybridized carbons (Fsp3) is 0.600. The molecule has 124 valence electrons. The zero-order chi connectivity index (χ0) is 16.2. The van der Waals surface area contributed by atoms with E-state index in [0.29, 0.717) is 30.7 Å². The molecule has 1 fully saturated rings. The topological polar surface area (TPSA) is 97.3 Å². The number of anilines is 1. The van der Waals surface area contributed by atoms with Gasteiger partial charge in [-0.05, 0) is 18.8 Å². The predicted octanol–water partition coefficient (Wildman–Crippen LogP) is 2.42. The summed E-state index contributed by atoms with van der Waals surface area (Å²) in [4.78, 5) is 18.3. The predicted molar refractivity (Wildman–Crippen MR) is 81.9 cm³/mol. The molecule has 0 atom stereocenters. The first kappa shape index (κ1) is 15.5. The number of amides is 2. The van der Waals surface area contributed by atoms with E-state index in [9.17, 15) is 4.79 Å². The molecule has 0 unspecified atom stereocenters. The number of nitrogens with zero attached hydrogens (tertiary/aromatic N) is 4. The van der Waals surface area contributed by atoms with Gasteiger partial charge in [-0.15, -0.1) is 0 Å². The van der Waals surface area contributed by atoms with E-state index in [1.54, 1.807) is 17.9 Å². The molecule has 1 aliphatic rings. The minimum atomic E-state index is -0.130. The summed E-state index contributed by atoms with van der Waals surface area (Å²) in [7, 11) is 0. The number of hydrogen-bond acceptors (Lipinski definition) is 6. The molecule has 2 aromatic heterocycles. The van der Waals surface area contributed by atoms with Crippen molar-refractivity contribution < 1.29 is 13.8 Å². The summed E-state index contributed by atoms with van der Waals surface area (Å²) in [5, 5.41) is 10.5. The third-order valence-corrected chi connectivity index (χ3v) is 4.09. The van der Waals surface area contributed by atoms with Crippen molar-refractivity contribution in [3.05, 3.63) is 23.5 Å². The first-order valence-electron chi connectivity index (χ1n) is 7.94. The van der Waals surface area contributed by atoms with Crippen molar-refractivity contribution in [3.8, 4) is 0 Å². The number of nitrogens with one attached hydrogen (secondary N) is 1. The molecule has 2 aromatic rings. The lowest BCUT2D eigenvalue weighted by Crippen LogP contribution is -2.41. The highest BCUT2D eigenvalue weighted by atomic mass is 16.5. The first-order chi connectivity index (χ1) is 11.1. The maximum Gasteiger partial charge on any atom is 0.323 e. The number of urea groups is 1. The Morgan fingerprint density at radius 2 is 2.13 bits per heavy atom. The molecule has 3 heterocycles. The fourth-order valence-corrected chi connectivity index (χ4v) is 2.75. The normalized spacial score (nSPS) is 15.8. The summed E-state index contributed by atoms with van der Waals surface area (Å²) < 4.78 is 10.1. The zero-order valence-corrected chi connectivity index (χ0v) is 13.4. The minimum absolute atomic E-state index is 0.130. The molecular formula is C15H21N5O3. The van der Waals surface area contributed by atoms with E-state index in [-0.39, 0.29) is 6.03 Å². The Labute approximate surface area is 134 Å². The van der Waals surface area contributed by atoms with Crippen LogP contribution in [-0.4, -0.2) is 39.3 Å². The molecule has 2 amide bonds. The van der Waals surface area contributed by atoms with Crippen LogP contribution in [-0.2, 0) is 12.8 Å². The molecule has 23 heavy (non-hydrogen) atoms. The van der Waals surface area contributed by atoms with Gasteiger partial charge in [0.2, 0.25) is 5.89 Å². The van der Waals surface area contributed by atoms with Crippen LogP contribution in [0, 0.1) is 12.8 Å². The molecule has 0 saturated carbocycles. The number of likely N-dealkylation sites (tertiary alicyclic amines) is 1. The first-order valence-corrected chi connectivity index (χ1v) is 7.94. The van der Waals surface area contributed by atoms with Crippen LogP contribution in [0.3, 0.4) is 0 Å². The van der Waals surface area contributed by atoms with Crippen LogP contribution in [0.4, 0.5) is 10.6 Å². The van der Waals surface area contributed by atoms with Gasteiger partial charge in [0, 0.05) is 38.9 Å². The Morgan fingerprint density at radius 1 is 1.35 bits per heavy atom. The Hall–Kier alpha value is -2.38. The molecule has 0 spiro atoms. The summed E-state index contributed by atoms with van der Waals surface area (Å²) in [5.74, 6) is 3.05. The van der Waals surface area contributed by atoms with Gasteiger partial charge in [0.1, 0.15) is 5.76 Å². The van der Waals surface area contributed by atoms with Crippen LogP contribution in [0.15, 0.2) is 15.1 Å². The SMILES string of the molecule is CCc1cc(NC(=O)N2CCC(Cc3noc(C)n3)CC2)no1. The van der Waals surface area contributed by atoms with Crippen LogP contribution >= 0.6 is 0 Å². The molecule has 1 N–H and O–H groups in total. The van der Waals surface area contributed by atoms with Crippen molar-refractivity contribution in [1.29, 1.82) is 0 Å². The summed E-state index contributed by atoms with van der Waals surface area (Å²) in [6, 6.07) is 1.62.